The summed E-state index contributed by atoms with van der Waals surface area (Å²) in [7, 11) is 0. The zero-order valence-corrected chi connectivity index (χ0v) is 17.6. The number of benzene rings is 3. The van der Waals surface area contributed by atoms with Crippen molar-refractivity contribution in [3.63, 3.8) is 0 Å². The van der Waals surface area contributed by atoms with Gasteiger partial charge in [-0.05, 0) is 40.2 Å². The summed E-state index contributed by atoms with van der Waals surface area (Å²) < 4.78 is 23.3. The normalized spacial score (nSPS) is 16.1. The lowest BCUT2D eigenvalue weighted by Crippen LogP contribution is -2.12. The van der Waals surface area contributed by atoms with Crippen LogP contribution in [0.5, 0.6) is 17.2 Å². The summed E-state index contributed by atoms with van der Waals surface area (Å²) >= 11 is 3.58. The van der Waals surface area contributed by atoms with E-state index in [0.717, 1.165) is 41.4 Å². The third-order valence-corrected chi connectivity index (χ3v) is 5.13. The molecule has 1 aliphatic rings. The minimum atomic E-state index is -0.0808. The van der Waals surface area contributed by atoms with Crippen LogP contribution in [0, 0.1) is 0 Å². The standard InChI is InChI=1S/C24H23BrO4/c25-24(14-21-17-27-21)29-23-13-7-5-9-19(23)16-28-22-12-6-4-8-18(22)15-26-20-10-2-1-3-11-20/h1-13,21,24H,14-17H2. The lowest BCUT2D eigenvalue weighted by molar-refractivity contribution is 0.243. The first-order valence-electron chi connectivity index (χ1n) is 9.67. The van der Waals surface area contributed by atoms with Crippen LogP contribution in [-0.4, -0.2) is 17.7 Å². The van der Waals surface area contributed by atoms with Gasteiger partial charge in [-0.1, -0.05) is 54.6 Å². The number of hydrogen-bond donors (Lipinski definition) is 0. The van der Waals surface area contributed by atoms with E-state index in [1.165, 1.54) is 0 Å². The highest BCUT2D eigenvalue weighted by Crippen LogP contribution is 2.28. The van der Waals surface area contributed by atoms with E-state index < -0.39 is 0 Å². The molecule has 0 N–H and O–H groups in total. The fourth-order valence-electron chi connectivity index (χ4n) is 2.93. The Morgan fingerprint density at radius 1 is 0.793 bits per heavy atom. The van der Waals surface area contributed by atoms with Crippen LogP contribution >= 0.6 is 15.9 Å². The quantitative estimate of drug-likeness (QED) is 0.289. The first kappa shape index (κ1) is 19.8. The lowest BCUT2D eigenvalue weighted by atomic mass is 10.2. The van der Waals surface area contributed by atoms with Crippen molar-refractivity contribution in [2.45, 2.75) is 30.8 Å². The van der Waals surface area contributed by atoms with Crippen molar-refractivity contribution in [2.75, 3.05) is 6.61 Å². The van der Waals surface area contributed by atoms with Gasteiger partial charge in [-0.15, -0.1) is 0 Å². The van der Waals surface area contributed by atoms with Crippen LogP contribution in [0.2, 0.25) is 0 Å². The maximum Gasteiger partial charge on any atom is 0.155 e. The number of hydrogen-bond acceptors (Lipinski definition) is 4. The van der Waals surface area contributed by atoms with E-state index in [-0.39, 0.29) is 5.01 Å². The smallest absolute Gasteiger partial charge is 0.155 e. The molecule has 5 heteroatoms. The Morgan fingerprint density at radius 2 is 1.38 bits per heavy atom. The number of rotatable bonds is 10. The molecule has 2 unspecified atom stereocenters. The molecular weight excluding hydrogens is 432 g/mol. The largest absolute Gasteiger partial charge is 0.489 e. The van der Waals surface area contributed by atoms with E-state index in [9.17, 15) is 0 Å². The molecule has 150 valence electrons. The molecule has 0 spiro atoms. The van der Waals surface area contributed by atoms with E-state index in [1.807, 2.05) is 78.9 Å². The minimum Gasteiger partial charge on any atom is -0.489 e. The highest BCUT2D eigenvalue weighted by atomic mass is 79.9. The van der Waals surface area contributed by atoms with Crippen LogP contribution in [0.1, 0.15) is 17.5 Å². The Morgan fingerprint density at radius 3 is 2.10 bits per heavy atom. The molecule has 1 fully saturated rings. The molecule has 0 aromatic heterocycles. The van der Waals surface area contributed by atoms with E-state index in [4.69, 9.17) is 18.9 Å². The van der Waals surface area contributed by atoms with Crippen molar-refractivity contribution < 1.29 is 18.9 Å². The second kappa shape index (κ2) is 9.81. The third kappa shape index (κ3) is 5.99. The number of para-hydroxylation sites is 3. The van der Waals surface area contributed by atoms with Crippen LogP contribution in [0.25, 0.3) is 0 Å². The molecule has 0 amide bonds. The fourth-order valence-corrected chi connectivity index (χ4v) is 3.55. The van der Waals surface area contributed by atoms with Gasteiger partial charge < -0.3 is 18.9 Å². The first-order chi connectivity index (χ1) is 14.3. The molecule has 29 heavy (non-hydrogen) atoms. The van der Waals surface area contributed by atoms with Crippen molar-refractivity contribution >= 4 is 15.9 Å². The van der Waals surface area contributed by atoms with Crippen molar-refractivity contribution in [3.8, 4) is 17.2 Å². The Labute approximate surface area is 179 Å². The summed E-state index contributed by atoms with van der Waals surface area (Å²) in [5.74, 6) is 2.46. The number of alkyl halides is 1. The van der Waals surface area contributed by atoms with E-state index in [1.54, 1.807) is 0 Å². The van der Waals surface area contributed by atoms with E-state index >= 15 is 0 Å². The second-order valence-corrected chi connectivity index (χ2v) is 7.85. The van der Waals surface area contributed by atoms with Crippen LogP contribution in [0.3, 0.4) is 0 Å². The topological polar surface area (TPSA) is 40.2 Å². The van der Waals surface area contributed by atoms with Gasteiger partial charge in [0.05, 0.1) is 12.7 Å². The molecule has 3 aromatic carbocycles. The van der Waals surface area contributed by atoms with E-state index in [0.29, 0.717) is 19.3 Å². The first-order valence-corrected chi connectivity index (χ1v) is 10.6. The zero-order chi connectivity index (χ0) is 19.9. The number of epoxide rings is 1. The molecule has 1 aliphatic heterocycles. The Kier molecular flexibility index (Phi) is 6.70. The molecule has 4 rings (SSSR count). The number of halogens is 1. The average Bonchev–Trinajstić information content (AvgIpc) is 3.57. The molecule has 4 nitrogen and oxygen atoms in total. The summed E-state index contributed by atoms with van der Waals surface area (Å²) in [6.07, 6.45) is 1.13. The molecule has 3 aromatic rings. The van der Waals surface area contributed by atoms with Gasteiger partial charge in [-0.2, -0.15) is 0 Å². The predicted octanol–water partition coefficient (Wildman–Crippen LogP) is 5.73. The summed E-state index contributed by atoms with van der Waals surface area (Å²) in [5.41, 5.74) is 1.99. The summed E-state index contributed by atoms with van der Waals surface area (Å²) in [5, 5.41) is -0.0808. The Hall–Kier alpha value is -2.50. The monoisotopic (exact) mass is 454 g/mol. The predicted molar refractivity (Wildman–Crippen MR) is 116 cm³/mol. The van der Waals surface area contributed by atoms with Crippen LogP contribution in [0.15, 0.2) is 78.9 Å². The molecule has 2 atom stereocenters. The van der Waals surface area contributed by atoms with Crippen LogP contribution < -0.4 is 14.2 Å². The van der Waals surface area contributed by atoms with Gasteiger partial charge in [0.15, 0.2) is 5.01 Å². The molecule has 1 heterocycles. The second-order valence-electron chi connectivity index (χ2n) is 6.82. The molecule has 0 radical (unpaired) electrons. The lowest BCUT2D eigenvalue weighted by Gasteiger charge is -2.17. The molecule has 0 bridgehead atoms. The van der Waals surface area contributed by atoms with Gasteiger partial charge in [0.2, 0.25) is 0 Å². The van der Waals surface area contributed by atoms with Gasteiger partial charge >= 0.3 is 0 Å². The molecule has 0 saturated carbocycles. The van der Waals surface area contributed by atoms with Crippen molar-refractivity contribution in [3.05, 3.63) is 90.0 Å². The van der Waals surface area contributed by atoms with E-state index in [2.05, 4.69) is 15.9 Å². The zero-order valence-electron chi connectivity index (χ0n) is 16.0. The van der Waals surface area contributed by atoms with Crippen LogP contribution in [0.4, 0.5) is 0 Å². The SMILES string of the molecule is BrC(CC1CO1)Oc1ccccc1COc1ccccc1COc1ccccc1. The maximum absolute atomic E-state index is 6.13. The van der Waals surface area contributed by atoms with Crippen molar-refractivity contribution in [1.82, 2.24) is 0 Å². The Bertz CT molecular complexity index is 912. The highest BCUT2D eigenvalue weighted by molar-refractivity contribution is 9.09. The summed E-state index contributed by atoms with van der Waals surface area (Å²) in [4.78, 5) is 0. The molecular formula is C24H23BrO4. The van der Waals surface area contributed by atoms with Gasteiger partial charge in [-0.25, -0.2) is 0 Å². The minimum absolute atomic E-state index is 0.0808. The Balaban J connectivity index is 1.39. The van der Waals surface area contributed by atoms with Gasteiger partial charge in [-0.3, -0.25) is 0 Å². The summed E-state index contributed by atoms with van der Waals surface area (Å²) in [6.45, 7) is 1.68. The number of ether oxygens (including phenoxy) is 4. The molecule has 0 aliphatic carbocycles. The van der Waals surface area contributed by atoms with Gasteiger partial charge in [0, 0.05) is 17.5 Å². The van der Waals surface area contributed by atoms with Crippen molar-refractivity contribution in [2.24, 2.45) is 0 Å². The van der Waals surface area contributed by atoms with Crippen molar-refractivity contribution in [1.29, 1.82) is 0 Å². The fraction of sp³-hybridized carbons (Fsp3) is 0.250. The third-order valence-electron chi connectivity index (χ3n) is 4.57. The maximum atomic E-state index is 6.13. The summed E-state index contributed by atoms with van der Waals surface area (Å²) in [6, 6.07) is 25.7. The molecule has 1 saturated heterocycles. The highest BCUT2D eigenvalue weighted by Gasteiger charge is 2.26. The van der Waals surface area contributed by atoms with Gasteiger partial charge in [0.25, 0.3) is 0 Å². The average molecular weight is 455 g/mol. The van der Waals surface area contributed by atoms with Gasteiger partial charge in [0.1, 0.15) is 30.5 Å². The van der Waals surface area contributed by atoms with Crippen LogP contribution in [-0.2, 0) is 18.0 Å².